The molecule has 1 aromatic heterocycles. The molecule has 1 amide bonds. The van der Waals surface area contributed by atoms with Gasteiger partial charge in [0, 0.05) is 33.9 Å². The van der Waals surface area contributed by atoms with Crippen LogP contribution in [0.2, 0.25) is 10.0 Å². The Balaban J connectivity index is 1.60. The molecule has 5 rings (SSSR count). The molecule has 33 heavy (non-hydrogen) atoms. The van der Waals surface area contributed by atoms with Gasteiger partial charge in [0.05, 0.1) is 11.8 Å². The monoisotopic (exact) mass is 475 g/mol. The van der Waals surface area contributed by atoms with Gasteiger partial charge in [0.2, 0.25) is 0 Å². The lowest BCUT2D eigenvalue weighted by molar-refractivity contribution is 0.0676. The van der Waals surface area contributed by atoms with Gasteiger partial charge in [-0.25, -0.2) is 5.01 Å². The predicted molar refractivity (Wildman–Crippen MR) is 133 cm³/mol. The maximum absolute atomic E-state index is 13.6. The molecule has 4 nitrogen and oxygen atoms in total. The molecule has 166 valence electrons. The molecule has 0 saturated heterocycles. The van der Waals surface area contributed by atoms with Gasteiger partial charge in [-0.05, 0) is 77.9 Å². The molecule has 0 radical (unpaired) electrons. The summed E-state index contributed by atoms with van der Waals surface area (Å²) >= 11 is 12.2. The number of amides is 1. The molecule has 2 aromatic carbocycles. The molecule has 1 aliphatic heterocycles. The van der Waals surface area contributed by atoms with Crippen molar-refractivity contribution in [2.75, 3.05) is 0 Å². The summed E-state index contributed by atoms with van der Waals surface area (Å²) in [6.07, 6.45) is 7.33. The summed E-state index contributed by atoms with van der Waals surface area (Å²) in [5, 5.41) is 7.99. The number of allylic oxidation sites excluding steroid dienone is 1. The van der Waals surface area contributed by atoms with E-state index >= 15 is 0 Å². The van der Waals surface area contributed by atoms with E-state index in [-0.39, 0.29) is 17.9 Å². The Morgan fingerprint density at radius 1 is 0.970 bits per heavy atom. The van der Waals surface area contributed by atoms with Gasteiger partial charge < -0.3 is 0 Å². The Labute approximate surface area is 203 Å². The zero-order valence-corrected chi connectivity index (χ0v) is 19.7. The maximum atomic E-state index is 13.6. The first-order chi connectivity index (χ1) is 16.0. The zero-order valence-electron chi connectivity index (χ0n) is 18.2. The summed E-state index contributed by atoms with van der Waals surface area (Å²) in [5.41, 5.74) is 4.84. The van der Waals surface area contributed by atoms with Crippen molar-refractivity contribution in [2.24, 2.45) is 16.9 Å². The molecule has 3 aromatic rings. The molecule has 0 bridgehead atoms. The number of fused-ring (bicyclic) bond motifs is 1. The smallest absolute Gasteiger partial charge is 0.267 e. The minimum Gasteiger partial charge on any atom is -0.267 e. The maximum Gasteiger partial charge on any atom is 0.274 e. The fourth-order valence-electron chi connectivity index (χ4n) is 4.84. The fraction of sp³-hybridized carbons (Fsp3) is 0.222. The van der Waals surface area contributed by atoms with E-state index in [0.29, 0.717) is 21.5 Å². The molecule has 1 saturated carbocycles. The molecule has 0 N–H and O–H groups in total. The molecule has 2 heterocycles. The van der Waals surface area contributed by atoms with Crippen molar-refractivity contribution in [3.05, 3.63) is 105 Å². The van der Waals surface area contributed by atoms with Crippen molar-refractivity contribution in [2.45, 2.75) is 25.8 Å². The number of hydrazone groups is 1. The number of carbonyl (C=O) groups excluding carboxylic acids is 1. The minimum absolute atomic E-state index is 0.110. The summed E-state index contributed by atoms with van der Waals surface area (Å²) in [6.45, 7) is 2.26. The lowest BCUT2D eigenvalue weighted by Crippen LogP contribution is -2.33. The first-order valence-electron chi connectivity index (χ1n) is 11.0. The Kier molecular flexibility index (Phi) is 6.05. The molecule has 3 atom stereocenters. The van der Waals surface area contributed by atoms with Crippen molar-refractivity contribution in [3.8, 4) is 0 Å². The van der Waals surface area contributed by atoms with Crippen molar-refractivity contribution in [1.82, 2.24) is 9.99 Å². The standard InChI is InChI=1S/C27H23Cl2N3O/c1-17-14-21(16-18-2-6-22(28)7-3-18)25-24(15-17)26(19-4-8-23(29)9-5-19)32(31-25)27(33)20-10-12-30-13-11-20/h2-13,16-17,24,26H,14-15H2,1H3. The summed E-state index contributed by atoms with van der Waals surface area (Å²) in [5.74, 6) is 0.454. The van der Waals surface area contributed by atoms with E-state index in [9.17, 15) is 4.79 Å². The number of halogens is 2. The van der Waals surface area contributed by atoms with Crippen LogP contribution in [0.3, 0.4) is 0 Å². The minimum atomic E-state index is -0.186. The van der Waals surface area contributed by atoms with E-state index in [2.05, 4.69) is 18.0 Å². The summed E-state index contributed by atoms with van der Waals surface area (Å²) in [6, 6.07) is 18.8. The van der Waals surface area contributed by atoms with Crippen LogP contribution in [0, 0.1) is 11.8 Å². The highest BCUT2D eigenvalue weighted by atomic mass is 35.5. The van der Waals surface area contributed by atoms with Gasteiger partial charge in [0.1, 0.15) is 0 Å². The molecule has 1 fully saturated rings. The second-order valence-corrected chi connectivity index (χ2v) is 9.61. The lowest BCUT2D eigenvalue weighted by atomic mass is 9.73. The third-order valence-electron chi connectivity index (χ3n) is 6.32. The van der Waals surface area contributed by atoms with Gasteiger partial charge in [0.15, 0.2) is 0 Å². The molecule has 1 aliphatic carbocycles. The molecular formula is C27H23Cl2N3O. The number of aromatic nitrogens is 1. The van der Waals surface area contributed by atoms with Crippen LogP contribution in [0.4, 0.5) is 0 Å². The van der Waals surface area contributed by atoms with Gasteiger partial charge in [0.25, 0.3) is 5.91 Å². The molecule has 2 aliphatic rings. The van der Waals surface area contributed by atoms with E-state index < -0.39 is 0 Å². The Hall–Kier alpha value is -2.95. The fourth-order valence-corrected chi connectivity index (χ4v) is 5.09. The van der Waals surface area contributed by atoms with Crippen LogP contribution in [-0.4, -0.2) is 21.6 Å². The topological polar surface area (TPSA) is 45.6 Å². The van der Waals surface area contributed by atoms with E-state index in [1.54, 1.807) is 29.5 Å². The number of hydrogen-bond acceptors (Lipinski definition) is 3. The Bertz CT molecular complexity index is 1220. The van der Waals surface area contributed by atoms with Gasteiger partial charge in [-0.1, -0.05) is 54.4 Å². The SMILES string of the molecule is CC1CC(=Cc2ccc(Cl)cc2)C2=NN(C(=O)c3ccncc3)C(c3ccc(Cl)cc3)C2C1. The Morgan fingerprint density at radius 3 is 2.27 bits per heavy atom. The van der Waals surface area contributed by atoms with Crippen LogP contribution in [0.15, 0.2) is 83.7 Å². The van der Waals surface area contributed by atoms with Crippen molar-refractivity contribution >= 4 is 40.9 Å². The van der Waals surface area contributed by atoms with E-state index in [1.165, 1.54) is 5.57 Å². The number of carbonyl (C=O) groups is 1. The van der Waals surface area contributed by atoms with Crippen LogP contribution in [0.1, 0.15) is 47.3 Å². The second kappa shape index (κ2) is 9.12. The van der Waals surface area contributed by atoms with Crippen LogP contribution >= 0.6 is 23.2 Å². The van der Waals surface area contributed by atoms with Gasteiger partial charge in [-0.3, -0.25) is 9.78 Å². The number of rotatable bonds is 3. The van der Waals surface area contributed by atoms with Gasteiger partial charge >= 0.3 is 0 Å². The van der Waals surface area contributed by atoms with Crippen molar-refractivity contribution in [3.63, 3.8) is 0 Å². The van der Waals surface area contributed by atoms with Crippen LogP contribution in [0.5, 0.6) is 0 Å². The van der Waals surface area contributed by atoms with E-state index in [1.807, 2.05) is 48.5 Å². The number of benzene rings is 2. The molecule has 0 spiro atoms. The first kappa shape index (κ1) is 21.9. The van der Waals surface area contributed by atoms with Crippen LogP contribution < -0.4 is 0 Å². The van der Waals surface area contributed by atoms with Crippen LogP contribution in [-0.2, 0) is 0 Å². The third-order valence-corrected chi connectivity index (χ3v) is 6.83. The number of hydrogen-bond donors (Lipinski definition) is 0. The summed E-state index contributed by atoms with van der Waals surface area (Å²) in [7, 11) is 0. The second-order valence-electron chi connectivity index (χ2n) is 8.74. The van der Waals surface area contributed by atoms with Crippen molar-refractivity contribution < 1.29 is 4.79 Å². The highest BCUT2D eigenvalue weighted by molar-refractivity contribution is 6.30. The quantitative estimate of drug-likeness (QED) is 0.406. The van der Waals surface area contributed by atoms with E-state index in [4.69, 9.17) is 28.3 Å². The summed E-state index contributed by atoms with van der Waals surface area (Å²) < 4.78 is 0. The van der Waals surface area contributed by atoms with E-state index in [0.717, 1.165) is 29.7 Å². The van der Waals surface area contributed by atoms with Crippen molar-refractivity contribution in [1.29, 1.82) is 0 Å². The zero-order chi connectivity index (χ0) is 22.9. The Morgan fingerprint density at radius 2 is 1.61 bits per heavy atom. The largest absolute Gasteiger partial charge is 0.274 e. The summed E-state index contributed by atoms with van der Waals surface area (Å²) in [4.78, 5) is 17.6. The number of pyridine rings is 1. The van der Waals surface area contributed by atoms with Gasteiger partial charge in [-0.15, -0.1) is 0 Å². The lowest BCUT2D eigenvalue weighted by Gasteiger charge is -2.32. The third kappa shape index (κ3) is 4.46. The highest BCUT2D eigenvalue weighted by Crippen LogP contribution is 2.46. The van der Waals surface area contributed by atoms with Crippen LogP contribution in [0.25, 0.3) is 6.08 Å². The molecule has 3 unspecified atom stereocenters. The average molecular weight is 476 g/mol. The molecule has 6 heteroatoms. The highest BCUT2D eigenvalue weighted by Gasteiger charge is 2.45. The normalized spacial score (nSPS) is 23.4. The molecular weight excluding hydrogens is 453 g/mol. The predicted octanol–water partition coefficient (Wildman–Crippen LogP) is 7.07. The average Bonchev–Trinajstić information content (AvgIpc) is 3.20. The number of nitrogens with zero attached hydrogens (tertiary/aromatic N) is 3. The van der Waals surface area contributed by atoms with Gasteiger partial charge in [-0.2, -0.15) is 5.10 Å². The first-order valence-corrected chi connectivity index (χ1v) is 11.8.